The molecule has 1 aliphatic heterocycles. The van der Waals surface area contributed by atoms with Crippen LogP contribution in [0.2, 0.25) is 0 Å². The largest absolute Gasteiger partial charge is 0.478 e. The van der Waals surface area contributed by atoms with Crippen LogP contribution in [0.3, 0.4) is 0 Å². The molecule has 10 heteroatoms. The molecule has 0 spiro atoms. The van der Waals surface area contributed by atoms with Crippen molar-refractivity contribution < 1.29 is 32.7 Å². The van der Waals surface area contributed by atoms with E-state index < -0.39 is 29.5 Å². The Kier molecular flexibility index (Phi) is 4.28. The molecule has 0 radical (unpaired) electrons. The zero-order valence-corrected chi connectivity index (χ0v) is 13.5. The van der Waals surface area contributed by atoms with Crippen LogP contribution in [-0.4, -0.2) is 22.9 Å². The highest BCUT2D eigenvalue weighted by Crippen LogP contribution is 2.32. The van der Waals surface area contributed by atoms with Gasteiger partial charge >= 0.3 is 12.1 Å². The van der Waals surface area contributed by atoms with Crippen LogP contribution in [0.25, 0.3) is 6.08 Å². The van der Waals surface area contributed by atoms with E-state index in [1.807, 2.05) is 0 Å². The number of carbonyl (C=O) groups is 3. The number of nitrogens with one attached hydrogen (secondary N) is 1. The minimum Gasteiger partial charge on any atom is -0.478 e. The van der Waals surface area contributed by atoms with Gasteiger partial charge in [-0.15, -0.1) is 11.3 Å². The van der Waals surface area contributed by atoms with Gasteiger partial charge in [0.25, 0.3) is 11.8 Å². The zero-order valence-electron chi connectivity index (χ0n) is 12.7. The Morgan fingerprint density at radius 2 is 1.96 bits per heavy atom. The molecule has 2 N–H and O–H groups in total. The minimum atomic E-state index is -4.59. The van der Waals surface area contributed by atoms with Crippen molar-refractivity contribution in [2.75, 3.05) is 5.01 Å². The number of amides is 2. The summed E-state index contributed by atoms with van der Waals surface area (Å²) < 4.78 is 38.4. The molecular formula is C16H9F3N2O4S. The number of alkyl halides is 3. The molecule has 0 saturated carbocycles. The van der Waals surface area contributed by atoms with Crippen molar-refractivity contribution in [1.29, 1.82) is 0 Å². The molecule has 1 aliphatic rings. The monoisotopic (exact) mass is 382 g/mol. The average Bonchev–Trinajstić information content (AvgIpc) is 3.15. The maximum atomic E-state index is 12.8. The molecule has 0 unspecified atom stereocenters. The van der Waals surface area contributed by atoms with Gasteiger partial charge in [-0.05, 0) is 30.3 Å². The second-order valence-corrected chi connectivity index (χ2v) is 6.17. The van der Waals surface area contributed by atoms with Gasteiger partial charge in [-0.3, -0.25) is 15.0 Å². The number of halogens is 3. The Hall–Kier alpha value is -3.14. The lowest BCUT2D eigenvalue weighted by Gasteiger charge is -2.16. The predicted octanol–water partition coefficient (Wildman–Crippen LogP) is 2.93. The number of thiophene rings is 1. The number of nitrogens with zero attached hydrogens (tertiary/aromatic N) is 1. The summed E-state index contributed by atoms with van der Waals surface area (Å²) in [6.45, 7) is 0. The summed E-state index contributed by atoms with van der Waals surface area (Å²) in [7, 11) is 0. The van der Waals surface area contributed by atoms with Gasteiger partial charge in [-0.25, -0.2) is 9.80 Å². The van der Waals surface area contributed by atoms with E-state index in [9.17, 15) is 27.6 Å². The Bertz CT molecular complexity index is 949. The van der Waals surface area contributed by atoms with E-state index in [-0.39, 0.29) is 16.8 Å². The fourth-order valence-electron chi connectivity index (χ4n) is 2.24. The van der Waals surface area contributed by atoms with Gasteiger partial charge in [0, 0.05) is 10.3 Å². The summed E-state index contributed by atoms with van der Waals surface area (Å²) >= 11 is 1.01. The van der Waals surface area contributed by atoms with Crippen molar-refractivity contribution in [2.45, 2.75) is 6.18 Å². The fourth-order valence-corrected chi connectivity index (χ4v) is 3.06. The Morgan fingerprint density at radius 1 is 1.23 bits per heavy atom. The van der Waals surface area contributed by atoms with Gasteiger partial charge in [0.15, 0.2) is 0 Å². The van der Waals surface area contributed by atoms with Gasteiger partial charge in [0.2, 0.25) is 0 Å². The van der Waals surface area contributed by atoms with Crippen molar-refractivity contribution in [3.63, 3.8) is 0 Å². The lowest BCUT2D eigenvalue weighted by molar-refractivity contribution is -0.137. The zero-order chi connectivity index (χ0) is 19.1. The highest BCUT2D eigenvalue weighted by Gasteiger charge is 2.36. The standard InChI is InChI=1S/C16H9F3N2O4S/c17-16(18,19)9-2-1-3-10(5-9)21-14(23)12(13(22)20-21)6-11-4-8(7-26-11)15(24)25/h1-7H,(H,20,22)(H,24,25)/b12-6-. The van der Waals surface area contributed by atoms with Gasteiger partial charge < -0.3 is 5.11 Å². The van der Waals surface area contributed by atoms with Crippen molar-refractivity contribution in [2.24, 2.45) is 0 Å². The van der Waals surface area contributed by atoms with Crippen LogP contribution in [0.1, 0.15) is 20.8 Å². The smallest absolute Gasteiger partial charge is 0.416 e. The molecule has 26 heavy (non-hydrogen) atoms. The van der Waals surface area contributed by atoms with Crippen molar-refractivity contribution in [3.8, 4) is 0 Å². The first-order chi connectivity index (χ1) is 12.2. The van der Waals surface area contributed by atoms with Crippen molar-refractivity contribution in [1.82, 2.24) is 5.43 Å². The number of carboxylic acid groups (broad SMARTS) is 1. The summed E-state index contributed by atoms with van der Waals surface area (Å²) in [6, 6.07) is 5.26. The summed E-state index contributed by atoms with van der Waals surface area (Å²) in [5.74, 6) is -2.78. The number of hydrogen-bond donors (Lipinski definition) is 2. The third kappa shape index (κ3) is 3.31. The SMILES string of the molecule is O=C1NN(c2cccc(C(F)(F)F)c2)C(=O)/C1=C\c1cc(C(=O)O)cs1. The normalized spacial score (nSPS) is 16.3. The first kappa shape index (κ1) is 17.7. The number of rotatable bonds is 3. The molecule has 3 rings (SSSR count). The van der Waals surface area contributed by atoms with Crippen LogP contribution in [0.15, 0.2) is 41.3 Å². The number of hydrogen-bond acceptors (Lipinski definition) is 4. The molecule has 1 saturated heterocycles. The first-order valence-electron chi connectivity index (χ1n) is 7.03. The van der Waals surface area contributed by atoms with Gasteiger partial charge in [0.1, 0.15) is 5.57 Å². The summed E-state index contributed by atoms with van der Waals surface area (Å²) in [5, 5.41) is 10.9. The fraction of sp³-hybridized carbons (Fsp3) is 0.0625. The molecule has 2 heterocycles. The highest BCUT2D eigenvalue weighted by molar-refractivity contribution is 7.11. The third-order valence-corrected chi connectivity index (χ3v) is 4.36. The van der Waals surface area contributed by atoms with Gasteiger partial charge in [0.05, 0.1) is 16.8 Å². The van der Waals surface area contributed by atoms with Crippen LogP contribution in [-0.2, 0) is 15.8 Å². The van der Waals surface area contributed by atoms with Crippen LogP contribution in [0.4, 0.5) is 18.9 Å². The second kappa shape index (κ2) is 6.30. The van der Waals surface area contributed by atoms with E-state index >= 15 is 0 Å². The Morgan fingerprint density at radius 3 is 2.58 bits per heavy atom. The molecule has 1 aromatic heterocycles. The topological polar surface area (TPSA) is 86.7 Å². The predicted molar refractivity (Wildman–Crippen MR) is 86.3 cm³/mol. The van der Waals surface area contributed by atoms with E-state index in [4.69, 9.17) is 5.11 Å². The molecule has 1 fully saturated rings. The maximum absolute atomic E-state index is 12.8. The molecule has 2 amide bonds. The molecule has 6 nitrogen and oxygen atoms in total. The van der Waals surface area contributed by atoms with E-state index in [0.29, 0.717) is 4.88 Å². The van der Waals surface area contributed by atoms with Crippen molar-refractivity contribution >= 4 is 40.9 Å². The van der Waals surface area contributed by atoms with E-state index in [2.05, 4.69) is 5.43 Å². The maximum Gasteiger partial charge on any atom is 0.416 e. The van der Waals surface area contributed by atoms with Gasteiger partial charge in [-0.2, -0.15) is 13.2 Å². The van der Waals surface area contributed by atoms with E-state index in [1.54, 1.807) is 0 Å². The number of anilines is 1. The Balaban J connectivity index is 1.92. The lowest BCUT2D eigenvalue weighted by Crippen LogP contribution is -2.35. The minimum absolute atomic E-state index is 0.00226. The molecule has 2 aromatic rings. The van der Waals surface area contributed by atoms with Crippen LogP contribution in [0.5, 0.6) is 0 Å². The molecule has 134 valence electrons. The molecular weight excluding hydrogens is 373 g/mol. The number of carbonyl (C=O) groups excluding carboxylic acids is 2. The second-order valence-electron chi connectivity index (χ2n) is 5.23. The van der Waals surface area contributed by atoms with Crippen LogP contribution < -0.4 is 10.4 Å². The summed E-state index contributed by atoms with van der Waals surface area (Å²) in [4.78, 5) is 35.6. The Labute approximate surface area is 148 Å². The number of aromatic carboxylic acids is 1. The number of carboxylic acids is 1. The van der Waals surface area contributed by atoms with Gasteiger partial charge in [-0.1, -0.05) is 6.07 Å². The van der Waals surface area contributed by atoms with E-state index in [1.165, 1.54) is 23.6 Å². The number of benzene rings is 1. The number of hydrazine groups is 1. The van der Waals surface area contributed by atoms with E-state index in [0.717, 1.165) is 34.5 Å². The molecule has 0 aliphatic carbocycles. The summed E-state index contributed by atoms with van der Waals surface area (Å²) in [5.41, 5.74) is 0.795. The van der Waals surface area contributed by atoms with Crippen LogP contribution >= 0.6 is 11.3 Å². The quantitative estimate of drug-likeness (QED) is 0.631. The third-order valence-electron chi connectivity index (χ3n) is 3.48. The summed E-state index contributed by atoms with van der Waals surface area (Å²) in [6.07, 6.45) is -3.39. The molecule has 1 aromatic carbocycles. The van der Waals surface area contributed by atoms with Crippen molar-refractivity contribution in [3.05, 3.63) is 57.3 Å². The van der Waals surface area contributed by atoms with Crippen LogP contribution in [0, 0.1) is 0 Å². The average molecular weight is 382 g/mol. The highest BCUT2D eigenvalue weighted by atomic mass is 32.1. The lowest BCUT2D eigenvalue weighted by atomic mass is 10.1. The molecule has 0 bridgehead atoms. The first-order valence-corrected chi connectivity index (χ1v) is 7.91. The molecule has 0 atom stereocenters.